The van der Waals surface area contributed by atoms with E-state index >= 15 is 0 Å². The molecule has 0 amide bonds. The third kappa shape index (κ3) is 2.16. The fraction of sp³-hybridized carbons (Fsp3) is 0.150. The molecule has 23 heavy (non-hydrogen) atoms. The van der Waals surface area contributed by atoms with Gasteiger partial charge in [-0.3, -0.25) is 5.41 Å². The van der Waals surface area contributed by atoms with E-state index in [-0.39, 0.29) is 0 Å². The summed E-state index contributed by atoms with van der Waals surface area (Å²) in [7, 11) is 1.90. The zero-order chi connectivity index (χ0) is 15.8. The lowest BCUT2D eigenvalue weighted by molar-refractivity contribution is 0.668. The number of rotatable bonds is 3. The van der Waals surface area contributed by atoms with Crippen molar-refractivity contribution in [3.05, 3.63) is 71.5 Å². The molecule has 4 rings (SSSR count). The molecule has 3 aromatic rings. The van der Waals surface area contributed by atoms with Crippen molar-refractivity contribution in [2.75, 3.05) is 7.05 Å². The van der Waals surface area contributed by atoms with Crippen LogP contribution in [-0.4, -0.2) is 12.8 Å². The van der Waals surface area contributed by atoms with Crippen LogP contribution in [0.5, 0.6) is 0 Å². The minimum absolute atomic E-state index is 0.545. The van der Waals surface area contributed by atoms with Crippen molar-refractivity contribution < 1.29 is 4.42 Å². The molecule has 0 bridgehead atoms. The Bertz CT molecular complexity index is 976. The van der Waals surface area contributed by atoms with Crippen LogP contribution >= 0.6 is 0 Å². The molecule has 0 saturated heterocycles. The summed E-state index contributed by atoms with van der Waals surface area (Å²) in [6.07, 6.45) is 6.05. The van der Waals surface area contributed by atoms with Crippen LogP contribution in [-0.2, 0) is 0 Å². The largest absolute Gasteiger partial charge is 0.455 e. The standard InChI is InChI=1S/C20H18N2O/c1-22-17-11-4-2-8-15(17)19(21)16-10-6-9-14-13-7-3-5-12-18(13)23-20(14)16/h3-7,9-12,21-22H,2,8H2,1H3. The minimum Gasteiger partial charge on any atom is -0.455 e. The Hall–Kier alpha value is -2.81. The predicted molar refractivity (Wildman–Crippen MR) is 95.0 cm³/mol. The average Bonchev–Trinajstić information content (AvgIpc) is 3.00. The van der Waals surface area contributed by atoms with Crippen LogP contribution in [0.25, 0.3) is 21.9 Å². The molecule has 3 nitrogen and oxygen atoms in total. The third-order valence-electron chi connectivity index (χ3n) is 4.42. The van der Waals surface area contributed by atoms with Crippen molar-refractivity contribution in [1.29, 1.82) is 5.41 Å². The molecule has 0 unspecified atom stereocenters. The van der Waals surface area contributed by atoms with E-state index < -0.39 is 0 Å². The fourth-order valence-corrected chi connectivity index (χ4v) is 3.26. The van der Waals surface area contributed by atoms with E-state index in [1.54, 1.807) is 0 Å². The summed E-state index contributed by atoms with van der Waals surface area (Å²) in [6, 6.07) is 14.1. The Balaban J connectivity index is 1.94. The van der Waals surface area contributed by atoms with Gasteiger partial charge in [0.2, 0.25) is 0 Å². The summed E-state index contributed by atoms with van der Waals surface area (Å²) in [6.45, 7) is 0. The van der Waals surface area contributed by atoms with Gasteiger partial charge in [-0.15, -0.1) is 0 Å². The Morgan fingerprint density at radius 1 is 1.09 bits per heavy atom. The Morgan fingerprint density at radius 2 is 1.91 bits per heavy atom. The Labute approximate surface area is 134 Å². The first-order valence-corrected chi connectivity index (χ1v) is 7.86. The Morgan fingerprint density at radius 3 is 2.78 bits per heavy atom. The SMILES string of the molecule is CNC1=C(C(=N)c2cccc3c2oc2ccccc23)CCC=C1. The second kappa shape index (κ2) is 5.43. The van der Waals surface area contributed by atoms with Crippen molar-refractivity contribution in [3.63, 3.8) is 0 Å². The highest BCUT2D eigenvalue weighted by molar-refractivity contribution is 6.20. The molecule has 3 heteroatoms. The van der Waals surface area contributed by atoms with E-state index in [9.17, 15) is 0 Å². The number of fused-ring (bicyclic) bond motifs is 3. The first-order valence-electron chi connectivity index (χ1n) is 7.86. The topological polar surface area (TPSA) is 49.0 Å². The number of benzene rings is 2. The molecule has 2 aromatic carbocycles. The van der Waals surface area contributed by atoms with Gasteiger partial charge in [0, 0.05) is 34.7 Å². The third-order valence-corrected chi connectivity index (χ3v) is 4.42. The number of hydrogen-bond donors (Lipinski definition) is 2. The second-order valence-electron chi connectivity index (χ2n) is 5.74. The van der Waals surface area contributed by atoms with Crippen molar-refractivity contribution in [3.8, 4) is 0 Å². The summed E-state index contributed by atoms with van der Waals surface area (Å²) >= 11 is 0. The zero-order valence-electron chi connectivity index (χ0n) is 13.0. The normalized spacial score (nSPS) is 14.7. The van der Waals surface area contributed by atoms with Gasteiger partial charge in [-0.1, -0.05) is 36.4 Å². The van der Waals surface area contributed by atoms with Gasteiger partial charge in [-0.2, -0.15) is 0 Å². The van der Waals surface area contributed by atoms with E-state index in [0.29, 0.717) is 5.71 Å². The highest BCUT2D eigenvalue weighted by Gasteiger charge is 2.19. The minimum atomic E-state index is 0.545. The Kier molecular flexibility index (Phi) is 3.27. The van der Waals surface area contributed by atoms with Crippen LogP contribution in [0, 0.1) is 5.41 Å². The highest BCUT2D eigenvalue weighted by Crippen LogP contribution is 2.32. The number of para-hydroxylation sites is 2. The maximum Gasteiger partial charge on any atom is 0.144 e. The number of nitrogens with one attached hydrogen (secondary N) is 2. The van der Waals surface area contributed by atoms with Gasteiger partial charge in [-0.25, -0.2) is 0 Å². The number of furan rings is 1. The molecule has 0 fully saturated rings. The maximum absolute atomic E-state index is 8.72. The van der Waals surface area contributed by atoms with Crippen LogP contribution in [0.3, 0.4) is 0 Å². The van der Waals surface area contributed by atoms with Crippen LogP contribution in [0.4, 0.5) is 0 Å². The van der Waals surface area contributed by atoms with Gasteiger partial charge >= 0.3 is 0 Å². The second-order valence-corrected chi connectivity index (χ2v) is 5.74. The molecule has 0 atom stereocenters. The summed E-state index contributed by atoms with van der Waals surface area (Å²) in [5, 5.41) is 14.1. The van der Waals surface area contributed by atoms with Gasteiger partial charge in [0.1, 0.15) is 11.2 Å². The quantitative estimate of drug-likeness (QED) is 0.684. The average molecular weight is 302 g/mol. The summed E-state index contributed by atoms with van der Waals surface area (Å²) in [5.41, 5.74) is 5.14. The van der Waals surface area contributed by atoms with Gasteiger partial charge < -0.3 is 9.73 Å². The highest BCUT2D eigenvalue weighted by atomic mass is 16.3. The van der Waals surface area contributed by atoms with E-state index in [4.69, 9.17) is 9.83 Å². The first kappa shape index (κ1) is 13.8. The summed E-state index contributed by atoms with van der Waals surface area (Å²) in [5.74, 6) is 0. The fourth-order valence-electron chi connectivity index (χ4n) is 3.26. The van der Waals surface area contributed by atoms with Gasteiger partial charge in [0.15, 0.2) is 0 Å². The number of hydrogen-bond acceptors (Lipinski definition) is 3. The lowest BCUT2D eigenvalue weighted by Crippen LogP contribution is -2.16. The predicted octanol–water partition coefficient (Wildman–Crippen LogP) is 4.78. The first-order chi connectivity index (χ1) is 11.3. The lowest BCUT2D eigenvalue weighted by atomic mass is 9.92. The molecule has 0 saturated carbocycles. The summed E-state index contributed by atoms with van der Waals surface area (Å²) in [4.78, 5) is 0. The monoisotopic (exact) mass is 302 g/mol. The van der Waals surface area contributed by atoms with E-state index in [1.165, 1.54) is 0 Å². The van der Waals surface area contributed by atoms with E-state index in [1.807, 2.05) is 37.4 Å². The van der Waals surface area contributed by atoms with Crippen molar-refractivity contribution >= 4 is 27.7 Å². The molecular weight excluding hydrogens is 284 g/mol. The van der Waals surface area contributed by atoms with Gasteiger partial charge in [0.25, 0.3) is 0 Å². The number of allylic oxidation sites excluding steroid dienone is 3. The van der Waals surface area contributed by atoms with E-state index in [2.05, 4.69) is 29.6 Å². The maximum atomic E-state index is 8.72. The van der Waals surface area contributed by atoms with Crippen LogP contribution in [0.2, 0.25) is 0 Å². The molecule has 0 aliphatic heterocycles. The van der Waals surface area contributed by atoms with Gasteiger partial charge in [-0.05, 0) is 31.1 Å². The molecule has 2 N–H and O–H groups in total. The van der Waals surface area contributed by atoms with E-state index in [0.717, 1.165) is 51.6 Å². The molecule has 114 valence electrons. The van der Waals surface area contributed by atoms with Crippen molar-refractivity contribution in [2.45, 2.75) is 12.8 Å². The van der Waals surface area contributed by atoms with Crippen LogP contribution < -0.4 is 5.32 Å². The van der Waals surface area contributed by atoms with Crippen LogP contribution in [0.1, 0.15) is 18.4 Å². The van der Waals surface area contributed by atoms with Crippen molar-refractivity contribution in [2.24, 2.45) is 0 Å². The smallest absolute Gasteiger partial charge is 0.144 e. The molecule has 0 radical (unpaired) electrons. The molecule has 1 aromatic heterocycles. The van der Waals surface area contributed by atoms with Gasteiger partial charge in [0.05, 0.1) is 5.71 Å². The molecule has 1 aliphatic rings. The van der Waals surface area contributed by atoms with Crippen LogP contribution in [0.15, 0.2) is 70.3 Å². The molecule has 0 spiro atoms. The lowest BCUT2D eigenvalue weighted by Gasteiger charge is -2.17. The molecular formula is C20H18N2O. The summed E-state index contributed by atoms with van der Waals surface area (Å²) < 4.78 is 6.06. The zero-order valence-corrected chi connectivity index (χ0v) is 13.0. The molecule has 1 aliphatic carbocycles. The van der Waals surface area contributed by atoms with Crippen molar-refractivity contribution in [1.82, 2.24) is 5.32 Å². The number of likely N-dealkylation sites (N-methyl/N-ethyl adjacent to an activating group) is 1. The molecule has 1 heterocycles.